The van der Waals surface area contributed by atoms with Crippen molar-refractivity contribution in [2.45, 2.75) is 37.8 Å². The number of nitrogen functional groups attached to an aromatic ring is 1. The number of carbonyl (C=O) groups excluding carboxylic acids is 4. The first-order valence-electron chi connectivity index (χ1n) is 18.0. The smallest absolute Gasteiger partial charge is 0.262 e. The van der Waals surface area contributed by atoms with Gasteiger partial charge >= 0.3 is 0 Å². The van der Waals surface area contributed by atoms with Gasteiger partial charge in [0.1, 0.15) is 35.4 Å². The highest BCUT2D eigenvalue weighted by atomic mass is 16.5. The largest absolute Gasteiger partial charge is 0.457 e. The van der Waals surface area contributed by atoms with Crippen LogP contribution in [0.4, 0.5) is 11.5 Å². The molecule has 53 heavy (non-hydrogen) atoms. The Morgan fingerprint density at radius 3 is 2.32 bits per heavy atom. The zero-order chi connectivity index (χ0) is 36.2. The molecule has 1 atom stereocenters. The molecule has 3 N–H and O–H groups in total. The zero-order valence-corrected chi connectivity index (χ0v) is 28.9. The number of hydrogen-bond donors (Lipinski definition) is 2. The Morgan fingerprint density at radius 1 is 0.830 bits per heavy atom. The van der Waals surface area contributed by atoms with E-state index >= 15 is 0 Å². The van der Waals surface area contributed by atoms with E-state index in [4.69, 9.17) is 15.6 Å². The van der Waals surface area contributed by atoms with Gasteiger partial charge in [-0.05, 0) is 73.9 Å². The van der Waals surface area contributed by atoms with Gasteiger partial charge in [-0.25, -0.2) is 14.6 Å². The highest BCUT2D eigenvalue weighted by Crippen LogP contribution is 2.37. The third-order valence-corrected chi connectivity index (χ3v) is 10.8. The maximum Gasteiger partial charge on any atom is 0.262 e. The van der Waals surface area contributed by atoms with Crippen molar-refractivity contribution in [2.24, 2.45) is 5.92 Å². The van der Waals surface area contributed by atoms with Crippen LogP contribution < -0.4 is 20.7 Å². The van der Waals surface area contributed by atoms with E-state index in [0.717, 1.165) is 89.9 Å². The molecule has 3 fully saturated rings. The number of carbonyl (C=O) groups is 4. The molecule has 1 unspecified atom stereocenters. The number of likely N-dealkylation sites (tertiary alicyclic amines) is 1. The van der Waals surface area contributed by atoms with Crippen LogP contribution in [0, 0.1) is 5.92 Å². The summed E-state index contributed by atoms with van der Waals surface area (Å²) in [4.78, 5) is 65.0. The third kappa shape index (κ3) is 5.94. The average Bonchev–Trinajstić information content (AvgIpc) is 3.66. The average molecular weight is 712 g/mol. The number of ether oxygens (including phenoxy) is 1. The highest BCUT2D eigenvalue weighted by molar-refractivity contribution is 6.23. The zero-order valence-electron chi connectivity index (χ0n) is 28.9. The second-order valence-corrected chi connectivity index (χ2v) is 14.2. The molecule has 5 aromatic rings. The minimum Gasteiger partial charge on any atom is -0.457 e. The number of imide groups is 2. The van der Waals surface area contributed by atoms with Crippen molar-refractivity contribution in [3.63, 3.8) is 0 Å². The van der Waals surface area contributed by atoms with Gasteiger partial charge in [0.15, 0.2) is 5.65 Å². The Labute approximate surface area is 304 Å². The summed E-state index contributed by atoms with van der Waals surface area (Å²) in [6, 6.07) is 22.0. The Bertz CT molecular complexity index is 2260. The highest BCUT2D eigenvalue weighted by Gasteiger charge is 2.45. The van der Waals surface area contributed by atoms with Crippen molar-refractivity contribution >= 4 is 46.2 Å². The van der Waals surface area contributed by atoms with Crippen LogP contribution in [-0.4, -0.2) is 91.9 Å². The number of hydrogen-bond acceptors (Lipinski definition) is 11. The van der Waals surface area contributed by atoms with E-state index in [0.29, 0.717) is 22.9 Å². The molecule has 9 rings (SSSR count). The van der Waals surface area contributed by atoms with E-state index in [2.05, 4.69) is 25.1 Å². The molecule has 0 aliphatic carbocycles. The van der Waals surface area contributed by atoms with E-state index in [1.165, 1.54) is 6.33 Å². The first-order chi connectivity index (χ1) is 25.8. The minimum atomic E-state index is -0.972. The number of nitrogens with two attached hydrogens (primary N) is 1. The Morgan fingerprint density at radius 2 is 1.57 bits per heavy atom. The van der Waals surface area contributed by atoms with E-state index < -0.39 is 29.7 Å². The minimum absolute atomic E-state index is 0.0919. The van der Waals surface area contributed by atoms with E-state index in [9.17, 15) is 19.2 Å². The quantitative estimate of drug-likeness (QED) is 0.223. The number of fused-ring (bicyclic) bond motifs is 2. The van der Waals surface area contributed by atoms with Crippen LogP contribution in [0.1, 0.15) is 52.4 Å². The topological polar surface area (TPSA) is 169 Å². The molecule has 0 bridgehead atoms. The van der Waals surface area contributed by atoms with Crippen molar-refractivity contribution < 1.29 is 23.9 Å². The van der Waals surface area contributed by atoms with Crippen LogP contribution in [0.5, 0.6) is 11.5 Å². The first-order valence-corrected chi connectivity index (χ1v) is 18.0. The summed E-state index contributed by atoms with van der Waals surface area (Å²) >= 11 is 0. The Balaban J connectivity index is 0.821. The van der Waals surface area contributed by atoms with Crippen molar-refractivity contribution in [1.29, 1.82) is 0 Å². The summed E-state index contributed by atoms with van der Waals surface area (Å²) in [6.45, 7) is 4.50. The maximum absolute atomic E-state index is 13.3. The first kappa shape index (κ1) is 32.7. The monoisotopic (exact) mass is 711 g/mol. The lowest BCUT2D eigenvalue weighted by Gasteiger charge is -2.44. The number of aromatic nitrogens is 4. The fraction of sp³-hybridized carbons (Fsp3) is 0.308. The van der Waals surface area contributed by atoms with Gasteiger partial charge in [0.2, 0.25) is 11.8 Å². The van der Waals surface area contributed by atoms with Crippen molar-refractivity contribution in [3.05, 3.63) is 90.3 Å². The summed E-state index contributed by atoms with van der Waals surface area (Å²) in [5.74, 6) is 0.389. The predicted octanol–water partition coefficient (Wildman–Crippen LogP) is 4.04. The van der Waals surface area contributed by atoms with Gasteiger partial charge in [0.25, 0.3) is 11.8 Å². The van der Waals surface area contributed by atoms with Crippen LogP contribution in [0.15, 0.2) is 79.1 Å². The van der Waals surface area contributed by atoms with Gasteiger partial charge in [-0.3, -0.25) is 29.4 Å². The molecule has 14 nitrogen and oxygen atoms in total. The summed E-state index contributed by atoms with van der Waals surface area (Å²) < 4.78 is 8.01. The molecule has 4 aliphatic rings. The number of nitrogens with one attached hydrogen (secondary N) is 1. The molecule has 4 amide bonds. The predicted molar refractivity (Wildman–Crippen MR) is 195 cm³/mol. The number of nitrogens with zero attached hydrogens (tertiary/aromatic N) is 7. The van der Waals surface area contributed by atoms with Crippen molar-refractivity contribution in [3.8, 4) is 22.8 Å². The summed E-state index contributed by atoms with van der Waals surface area (Å²) in [6.07, 6.45) is 3.57. The molecule has 0 spiro atoms. The van der Waals surface area contributed by atoms with Gasteiger partial charge in [-0.2, -0.15) is 5.10 Å². The molecule has 3 saturated heterocycles. The number of anilines is 2. The fourth-order valence-electron chi connectivity index (χ4n) is 8.02. The maximum atomic E-state index is 13.3. The molecule has 14 heteroatoms. The molecule has 268 valence electrons. The van der Waals surface area contributed by atoms with Gasteiger partial charge < -0.3 is 20.3 Å². The summed E-state index contributed by atoms with van der Waals surface area (Å²) in [5, 5.41) is 8.07. The van der Waals surface area contributed by atoms with Gasteiger partial charge in [-0.1, -0.05) is 18.2 Å². The molecule has 0 saturated carbocycles. The number of piperidine rings is 2. The number of amides is 4. The molecular formula is C39H37N9O5. The summed E-state index contributed by atoms with van der Waals surface area (Å²) in [7, 11) is 0. The Hall–Kier alpha value is -6.15. The number of rotatable bonds is 8. The lowest BCUT2D eigenvalue weighted by molar-refractivity contribution is -0.136. The molecular weight excluding hydrogens is 674 g/mol. The second-order valence-electron chi connectivity index (χ2n) is 14.2. The second kappa shape index (κ2) is 13.1. The molecule has 4 aliphatic heterocycles. The van der Waals surface area contributed by atoms with Crippen LogP contribution >= 0.6 is 0 Å². The van der Waals surface area contributed by atoms with Crippen LogP contribution in [-0.2, 0) is 9.59 Å². The van der Waals surface area contributed by atoms with Gasteiger partial charge in [0, 0.05) is 56.3 Å². The SMILES string of the molecule is Nc1ncnc2c1c(-c1ccc(Oc3ccccc3)cc1)nn2C1CCN(CC2CN(c3ccc4c(c3)C(=O)N(C3CCC(=O)NC3=O)C4=O)C2)CC1. The standard InChI is InChI=1S/C39H37N9O5/c40-35-33-34(24-6-9-28(10-7-24)53-27-4-2-1-3-5-27)44-48(36(33)42-22-41-35)25-14-16-45(17-15-25)19-23-20-46(21-23)26-8-11-29-30(18-26)39(52)47(38(29)51)31-12-13-32(49)43-37(31)50/h1-11,18,22-23,25,31H,12-17,19-21H2,(H2,40,41,42)(H,43,49,50). The lowest BCUT2D eigenvalue weighted by Crippen LogP contribution is -2.54. The molecule has 3 aromatic carbocycles. The van der Waals surface area contributed by atoms with E-state index in [-0.39, 0.29) is 18.9 Å². The van der Waals surface area contributed by atoms with Crippen molar-refractivity contribution in [2.75, 3.05) is 43.4 Å². The molecule has 2 aromatic heterocycles. The molecule has 6 heterocycles. The van der Waals surface area contributed by atoms with Crippen molar-refractivity contribution in [1.82, 2.24) is 34.9 Å². The van der Waals surface area contributed by atoms with Gasteiger partial charge in [-0.15, -0.1) is 0 Å². The number of benzene rings is 3. The van der Waals surface area contributed by atoms with Crippen LogP contribution in [0.3, 0.4) is 0 Å². The van der Waals surface area contributed by atoms with Crippen LogP contribution in [0.25, 0.3) is 22.3 Å². The van der Waals surface area contributed by atoms with Crippen LogP contribution in [0.2, 0.25) is 0 Å². The lowest BCUT2D eigenvalue weighted by atomic mass is 9.95. The Kier molecular flexibility index (Phi) is 8.10. The summed E-state index contributed by atoms with van der Waals surface area (Å²) in [5.41, 5.74) is 10.3. The molecule has 0 radical (unpaired) electrons. The number of para-hydroxylation sites is 1. The van der Waals surface area contributed by atoms with Gasteiger partial charge in [0.05, 0.1) is 22.6 Å². The fourth-order valence-corrected chi connectivity index (χ4v) is 8.02. The van der Waals surface area contributed by atoms with E-state index in [1.807, 2.05) is 65.3 Å². The van der Waals surface area contributed by atoms with E-state index in [1.54, 1.807) is 12.1 Å². The normalized spacial score (nSPS) is 19.8. The third-order valence-electron chi connectivity index (χ3n) is 10.8.